The van der Waals surface area contributed by atoms with Crippen molar-refractivity contribution in [3.05, 3.63) is 0 Å². The molecule has 1 atom stereocenters. The molecule has 0 saturated carbocycles. The number of nitrogens with one attached hydrogen (secondary N) is 1. The molecular formula is C15H31NO5. The van der Waals surface area contributed by atoms with Gasteiger partial charge in [-0.25, -0.2) is 0 Å². The first-order chi connectivity index (χ1) is 10.1. The van der Waals surface area contributed by atoms with Gasteiger partial charge < -0.3 is 24.3 Å². The van der Waals surface area contributed by atoms with E-state index in [0.29, 0.717) is 39.5 Å². The van der Waals surface area contributed by atoms with Crippen molar-refractivity contribution in [3.63, 3.8) is 0 Å². The van der Waals surface area contributed by atoms with Crippen LogP contribution in [-0.4, -0.2) is 65.3 Å². The number of carbonyl (C=O) groups is 1. The Kier molecular flexibility index (Phi) is 12.6. The minimum absolute atomic E-state index is 0.254. The Morgan fingerprint density at radius 2 is 1.71 bits per heavy atom. The van der Waals surface area contributed by atoms with E-state index in [4.69, 9.17) is 18.9 Å². The molecule has 0 radical (unpaired) electrons. The molecule has 6 heteroatoms. The van der Waals surface area contributed by atoms with E-state index in [1.165, 1.54) is 7.11 Å². The molecule has 0 aromatic heterocycles. The van der Waals surface area contributed by atoms with Crippen molar-refractivity contribution in [1.29, 1.82) is 0 Å². The van der Waals surface area contributed by atoms with Crippen LogP contribution in [0.2, 0.25) is 0 Å². The number of hydrogen-bond donors (Lipinski definition) is 1. The SMILES string of the molecule is CCCNC(C)(CCOCCOCCCOC)C(=O)OC. The van der Waals surface area contributed by atoms with Crippen LogP contribution >= 0.6 is 0 Å². The molecule has 1 unspecified atom stereocenters. The molecule has 0 spiro atoms. The van der Waals surface area contributed by atoms with E-state index in [-0.39, 0.29) is 5.97 Å². The summed E-state index contributed by atoms with van der Waals surface area (Å²) >= 11 is 0. The highest BCUT2D eigenvalue weighted by Gasteiger charge is 2.33. The average molecular weight is 305 g/mol. The van der Waals surface area contributed by atoms with E-state index in [1.54, 1.807) is 7.11 Å². The molecule has 0 aromatic carbocycles. The summed E-state index contributed by atoms with van der Waals surface area (Å²) in [5.41, 5.74) is -0.690. The fourth-order valence-corrected chi connectivity index (χ4v) is 1.79. The molecule has 21 heavy (non-hydrogen) atoms. The Morgan fingerprint density at radius 3 is 2.29 bits per heavy atom. The van der Waals surface area contributed by atoms with Gasteiger partial charge in [-0.3, -0.25) is 4.79 Å². The molecule has 6 nitrogen and oxygen atoms in total. The second kappa shape index (κ2) is 13.0. The molecule has 0 bridgehead atoms. The Balaban J connectivity index is 3.76. The van der Waals surface area contributed by atoms with Crippen LogP contribution in [0.25, 0.3) is 0 Å². The number of rotatable bonds is 14. The first-order valence-corrected chi connectivity index (χ1v) is 7.58. The zero-order chi connectivity index (χ0) is 16.0. The van der Waals surface area contributed by atoms with E-state index in [9.17, 15) is 4.79 Å². The van der Waals surface area contributed by atoms with Gasteiger partial charge in [0.15, 0.2) is 0 Å². The van der Waals surface area contributed by atoms with Gasteiger partial charge in [-0.1, -0.05) is 6.92 Å². The molecule has 0 aromatic rings. The fourth-order valence-electron chi connectivity index (χ4n) is 1.79. The van der Waals surface area contributed by atoms with E-state index in [1.807, 2.05) is 6.92 Å². The van der Waals surface area contributed by atoms with E-state index >= 15 is 0 Å². The predicted octanol–water partition coefficient (Wildman–Crippen LogP) is 1.38. The molecule has 0 aliphatic rings. The topological polar surface area (TPSA) is 66.0 Å². The Morgan fingerprint density at radius 1 is 1.05 bits per heavy atom. The zero-order valence-electron chi connectivity index (χ0n) is 13.9. The summed E-state index contributed by atoms with van der Waals surface area (Å²) in [7, 11) is 3.08. The van der Waals surface area contributed by atoms with Crippen LogP contribution in [0.5, 0.6) is 0 Å². The third kappa shape index (κ3) is 9.79. The van der Waals surface area contributed by atoms with Crippen LogP contribution in [0.15, 0.2) is 0 Å². The van der Waals surface area contributed by atoms with Crippen LogP contribution in [0.4, 0.5) is 0 Å². The monoisotopic (exact) mass is 305 g/mol. The summed E-state index contributed by atoms with van der Waals surface area (Å²) in [5.74, 6) is -0.254. The van der Waals surface area contributed by atoms with E-state index in [0.717, 1.165) is 19.4 Å². The van der Waals surface area contributed by atoms with Crippen LogP contribution in [-0.2, 0) is 23.7 Å². The quantitative estimate of drug-likeness (QED) is 0.386. The molecule has 0 saturated heterocycles. The average Bonchev–Trinajstić information content (AvgIpc) is 2.50. The molecule has 0 heterocycles. The lowest BCUT2D eigenvalue weighted by atomic mass is 9.98. The van der Waals surface area contributed by atoms with Crippen LogP contribution in [0.3, 0.4) is 0 Å². The third-order valence-electron chi connectivity index (χ3n) is 3.16. The van der Waals surface area contributed by atoms with Gasteiger partial charge in [-0.05, 0) is 32.7 Å². The molecule has 0 aliphatic carbocycles. The van der Waals surface area contributed by atoms with Crippen LogP contribution in [0.1, 0.15) is 33.1 Å². The minimum atomic E-state index is -0.690. The highest BCUT2D eigenvalue weighted by atomic mass is 16.5. The summed E-state index contributed by atoms with van der Waals surface area (Å²) in [6.07, 6.45) is 2.42. The van der Waals surface area contributed by atoms with Gasteiger partial charge in [0, 0.05) is 26.9 Å². The van der Waals surface area contributed by atoms with Gasteiger partial charge >= 0.3 is 5.97 Å². The van der Waals surface area contributed by atoms with Gasteiger partial charge in [-0.2, -0.15) is 0 Å². The molecule has 0 aliphatic heterocycles. The minimum Gasteiger partial charge on any atom is -0.468 e. The van der Waals surface area contributed by atoms with Crippen molar-refractivity contribution < 1.29 is 23.7 Å². The van der Waals surface area contributed by atoms with Gasteiger partial charge in [-0.15, -0.1) is 0 Å². The molecule has 126 valence electrons. The molecule has 0 amide bonds. The number of esters is 1. The maximum absolute atomic E-state index is 11.8. The van der Waals surface area contributed by atoms with Crippen molar-refractivity contribution in [1.82, 2.24) is 5.32 Å². The summed E-state index contributed by atoms with van der Waals surface area (Å²) < 4.78 is 20.7. The van der Waals surface area contributed by atoms with Crippen molar-refractivity contribution in [2.45, 2.75) is 38.6 Å². The highest BCUT2D eigenvalue weighted by molar-refractivity contribution is 5.80. The largest absolute Gasteiger partial charge is 0.468 e. The predicted molar refractivity (Wildman–Crippen MR) is 81.5 cm³/mol. The maximum Gasteiger partial charge on any atom is 0.325 e. The zero-order valence-corrected chi connectivity index (χ0v) is 13.9. The number of methoxy groups -OCH3 is 2. The standard InChI is InChI=1S/C15H31NO5/c1-5-8-16-15(2,14(17)19-4)7-11-21-13-12-20-10-6-9-18-3/h16H,5-13H2,1-4H3. The summed E-state index contributed by atoms with van der Waals surface area (Å²) in [6, 6.07) is 0. The molecule has 1 N–H and O–H groups in total. The van der Waals surface area contributed by atoms with Crippen molar-refractivity contribution in [2.24, 2.45) is 0 Å². The van der Waals surface area contributed by atoms with Gasteiger partial charge in [0.1, 0.15) is 5.54 Å². The van der Waals surface area contributed by atoms with Crippen molar-refractivity contribution in [2.75, 3.05) is 53.8 Å². The Hall–Kier alpha value is -0.690. The van der Waals surface area contributed by atoms with Gasteiger partial charge in [0.05, 0.1) is 20.3 Å². The number of hydrogen-bond acceptors (Lipinski definition) is 6. The number of ether oxygens (including phenoxy) is 4. The lowest BCUT2D eigenvalue weighted by Crippen LogP contribution is -2.51. The normalized spacial score (nSPS) is 13.9. The van der Waals surface area contributed by atoms with Gasteiger partial charge in [0.25, 0.3) is 0 Å². The first kappa shape index (κ1) is 20.3. The van der Waals surface area contributed by atoms with E-state index < -0.39 is 5.54 Å². The summed E-state index contributed by atoms with van der Waals surface area (Å²) in [4.78, 5) is 11.8. The van der Waals surface area contributed by atoms with E-state index in [2.05, 4.69) is 12.2 Å². The Bertz CT molecular complexity index is 262. The van der Waals surface area contributed by atoms with Crippen LogP contribution < -0.4 is 5.32 Å². The first-order valence-electron chi connectivity index (χ1n) is 7.58. The lowest BCUT2D eigenvalue weighted by Gasteiger charge is -2.27. The fraction of sp³-hybridized carbons (Fsp3) is 0.933. The summed E-state index contributed by atoms with van der Waals surface area (Å²) in [5, 5.41) is 3.22. The lowest BCUT2D eigenvalue weighted by molar-refractivity contribution is -0.148. The maximum atomic E-state index is 11.8. The molecule has 0 fully saturated rings. The van der Waals surface area contributed by atoms with Gasteiger partial charge in [0.2, 0.25) is 0 Å². The third-order valence-corrected chi connectivity index (χ3v) is 3.16. The smallest absolute Gasteiger partial charge is 0.325 e. The molecule has 0 rings (SSSR count). The second-order valence-corrected chi connectivity index (χ2v) is 5.07. The Labute approximate surface area is 128 Å². The van der Waals surface area contributed by atoms with Crippen LogP contribution in [0, 0.1) is 0 Å². The van der Waals surface area contributed by atoms with Crippen molar-refractivity contribution >= 4 is 5.97 Å². The highest BCUT2D eigenvalue weighted by Crippen LogP contribution is 2.12. The number of carbonyl (C=O) groups excluding carboxylic acids is 1. The molecular weight excluding hydrogens is 274 g/mol. The summed E-state index contributed by atoms with van der Waals surface area (Å²) in [6.45, 7) is 7.63. The van der Waals surface area contributed by atoms with Crippen molar-refractivity contribution in [3.8, 4) is 0 Å². The second-order valence-electron chi connectivity index (χ2n) is 5.07.